The van der Waals surface area contributed by atoms with Gasteiger partial charge in [-0.25, -0.2) is 0 Å². The fraction of sp³-hybridized carbons (Fsp3) is 0.182. The summed E-state index contributed by atoms with van der Waals surface area (Å²) in [5, 5.41) is 9.53. The monoisotopic (exact) mass is 381 g/mol. The van der Waals surface area contributed by atoms with Gasteiger partial charge in [0.2, 0.25) is 0 Å². The number of rotatable bonds is 3. The SMILES string of the molecule is Cc1nc(-c2ccc(N(C)C)cc2)cc(-c2ccc(C(F)(F)F)cc2)c1C#N. The van der Waals surface area contributed by atoms with Gasteiger partial charge in [-0.05, 0) is 42.8 Å². The van der Waals surface area contributed by atoms with Gasteiger partial charge in [0, 0.05) is 30.9 Å². The number of aryl methyl sites for hydroxylation is 1. The molecule has 3 aromatic rings. The molecule has 0 atom stereocenters. The van der Waals surface area contributed by atoms with Gasteiger partial charge in [-0.3, -0.25) is 4.98 Å². The Labute approximate surface area is 161 Å². The lowest BCUT2D eigenvalue weighted by Crippen LogP contribution is -2.08. The Kier molecular flexibility index (Phi) is 5.10. The highest BCUT2D eigenvalue weighted by Gasteiger charge is 2.30. The Balaban J connectivity index is 2.09. The number of anilines is 1. The number of nitriles is 1. The standard InChI is InChI=1S/C22H18F3N3/c1-14-20(13-26)19(15-4-8-17(9-5-15)22(23,24)25)12-21(27-14)16-6-10-18(11-7-16)28(2)3/h4-12H,1-3H3. The molecule has 0 saturated carbocycles. The van der Waals surface area contributed by atoms with Crippen molar-refractivity contribution in [1.29, 1.82) is 5.26 Å². The van der Waals surface area contributed by atoms with Crippen molar-refractivity contribution in [1.82, 2.24) is 4.98 Å². The van der Waals surface area contributed by atoms with Crippen LogP contribution in [-0.4, -0.2) is 19.1 Å². The lowest BCUT2D eigenvalue weighted by atomic mass is 9.96. The fourth-order valence-corrected chi connectivity index (χ4v) is 2.96. The predicted octanol–water partition coefficient (Wildman–Crippen LogP) is 5.68. The lowest BCUT2D eigenvalue weighted by Gasteiger charge is -2.14. The quantitative estimate of drug-likeness (QED) is 0.586. The van der Waals surface area contributed by atoms with Crippen molar-refractivity contribution >= 4 is 5.69 Å². The number of alkyl halides is 3. The van der Waals surface area contributed by atoms with Crippen LogP contribution >= 0.6 is 0 Å². The van der Waals surface area contributed by atoms with E-state index in [0.717, 1.165) is 23.4 Å². The Morgan fingerprint density at radius 2 is 1.50 bits per heavy atom. The second-order valence-corrected chi connectivity index (χ2v) is 6.64. The largest absolute Gasteiger partial charge is 0.416 e. The van der Waals surface area contributed by atoms with Gasteiger partial charge in [-0.2, -0.15) is 18.4 Å². The highest BCUT2D eigenvalue weighted by molar-refractivity contribution is 5.77. The molecule has 0 radical (unpaired) electrons. The first kappa shape index (κ1) is 19.4. The molecule has 0 N–H and O–H groups in total. The number of benzene rings is 2. The molecule has 0 fully saturated rings. The summed E-state index contributed by atoms with van der Waals surface area (Å²) >= 11 is 0. The molecule has 0 aliphatic heterocycles. The van der Waals surface area contributed by atoms with Crippen molar-refractivity contribution in [2.24, 2.45) is 0 Å². The Hall–Kier alpha value is -3.33. The molecule has 0 aliphatic carbocycles. The minimum Gasteiger partial charge on any atom is -0.378 e. The van der Waals surface area contributed by atoms with Gasteiger partial charge >= 0.3 is 6.18 Å². The Bertz CT molecular complexity index is 1030. The average molecular weight is 381 g/mol. The van der Waals surface area contributed by atoms with Crippen LogP contribution in [0.1, 0.15) is 16.8 Å². The zero-order chi connectivity index (χ0) is 20.5. The topological polar surface area (TPSA) is 39.9 Å². The van der Waals surface area contributed by atoms with Gasteiger partial charge in [-0.15, -0.1) is 0 Å². The zero-order valence-corrected chi connectivity index (χ0v) is 15.7. The molecule has 0 saturated heterocycles. The molecular formula is C22H18F3N3. The first-order valence-electron chi connectivity index (χ1n) is 8.58. The van der Waals surface area contributed by atoms with Crippen LogP contribution in [0.5, 0.6) is 0 Å². The maximum atomic E-state index is 12.8. The van der Waals surface area contributed by atoms with Crippen molar-refractivity contribution in [3.63, 3.8) is 0 Å². The number of hydrogen-bond donors (Lipinski definition) is 0. The van der Waals surface area contributed by atoms with Crippen LogP contribution in [-0.2, 0) is 6.18 Å². The van der Waals surface area contributed by atoms with Crippen LogP contribution in [0.4, 0.5) is 18.9 Å². The first-order chi connectivity index (χ1) is 13.2. The van der Waals surface area contributed by atoms with E-state index in [9.17, 15) is 18.4 Å². The van der Waals surface area contributed by atoms with Crippen molar-refractivity contribution in [2.45, 2.75) is 13.1 Å². The molecule has 1 heterocycles. The summed E-state index contributed by atoms with van der Waals surface area (Å²) in [5.74, 6) is 0. The molecule has 0 aliphatic rings. The molecule has 3 nitrogen and oxygen atoms in total. The van der Waals surface area contributed by atoms with E-state index in [0.29, 0.717) is 28.1 Å². The van der Waals surface area contributed by atoms with Gasteiger partial charge in [0.1, 0.15) is 6.07 Å². The number of hydrogen-bond acceptors (Lipinski definition) is 3. The number of halogens is 3. The van der Waals surface area contributed by atoms with Crippen LogP contribution in [0.3, 0.4) is 0 Å². The first-order valence-corrected chi connectivity index (χ1v) is 8.58. The van der Waals surface area contributed by atoms with E-state index < -0.39 is 11.7 Å². The maximum absolute atomic E-state index is 12.8. The summed E-state index contributed by atoms with van der Waals surface area (Å²) in [5.41, 5.74) is 3.84. The van der Waals surface area contributed by atoms with Crippen LogP contribution < -0.4 is 4.90 Å². The molecule has 1 aromatic heterocycles. The van der Waals surface area contributed by atoms with E-state index in [-0.39, 0.29) is 0 Å². The summed E-state index contributed by atoms with van der Waals surface area (Å²) in [6, 6.07) is 16.5. The third-order valence-electron chi connectivity index (χ3n) is 4.51. The lowest BCUT2D eigenvalue weighted by molar-refractivity contribution is -0.137. The molecule has 6 heteroatoms. The summed E-state index contributed by atoms with van der Waals surface area (Å²) < 4.78 is 38.5. The molecule has 0 amide bonds. The molecule has 3 rings (SSSR count). The number of nitrogens with zero attached hydrogens (tertiary/aromatic N) is 3. The second-order valence-electron chi connectivity index (χ2n) is 6.64. The van der Waals surface area contributed by atoms with E-state index in [1.165, 1.54) is 12.1 Å². The van der Waals surface area contributed by atoms with Crippen molar-refractivity contribution in [2.75, 3.05) is 19.0 Å². The van der Waals surface area contributed by atoms with Crippen LogP contribution in [0.15, 0.2) is 54.6 Å². The molecular weight excluding hydrogens is 363 g/mol. The Morgan fingerprint density at radius 3 is 2.00 bits per heavy atom. The van der Waals surface area contributed by atoms with Crippen LogP contribution in [0.25, 0.3) is 22.4 Å². The van der Waals surface area contributed by atoms with E-state index in [1.807, 2.05) is 43.3 Å². The van der Waals surface area contributed by atoms with E-state index >= 15 is 0 Å². The molecule has 0 unspecified atom stereocenters. The molecule has 0 spiro atoms. The summed E-state index contributed by atoms with van der Waals surface area (Å²) in [4.78, 5) is 6.50. The van der Waals surface area contributed by atoms with Crippen molar-refractivity contribution in [3.05, 3.63) is 71.4 Å². The third kappa shape index (κ3) is 3.84. The molecule has 2 aromatic carbocycles. The fourth-order valence-electron chi connectivity index (χ4n) is 2.96. The summed E-state index contributed by atoms with van der Waals surface area (Å²) in [7, 11) is 3.89. The van der Waals surface area contributed by atoms with E-state index in [2.05, 4.69) is 11.1 Å². The molecule has 142 valence electrons. The minimum atomic E-state index is -4.40. The third-order valence-corrected chi connectivity index (χ3v) is 4.51. The highest BCUT2D eigenvalue weighted by atomic mass is 19.4. The zero-order valence-electron chi connectivity index (χ0n) is 15.7. The van der Waals surface area contributed by atoms with E-state index in [4.69, 9.17) is 0 Å². The summed E-state index contributed by atoms with van der Waals surface area (Å²) in [6.45, 7) is 1.73. The van der Waals surface area contributed by atoms with Gasteiger partial charge < -0.3 is 4.90 Å². The smallest absolute Gasteiger partial charge is 0.378 e. The van der Waals surface area contributed by atoms with Crippen LogP contribution in [0, 0.1) is 18.3 Å². The van der Waals surface area contributed by atoms with E-state index in [1.54, 1.807) is 13.0 Å². The number of pyridine rings is 1. The van der Waals surface area contributed by atoms with Crippen LogP contribution in [0.2, 0.25) is 0 Å². The van der Waals surface area contributed by atoms with Crippen molar-refractivity contribution < 1.29 is 13.2 Å². The van der Waals surface area contributed by atoms with Gasteiger partial charge in [0.05, 0.1) is 22.5 Å². The van der Waals surface area contributed by atoms with Gasteiger partial charge in [0.25, 0.3) is 0 Å². The molecule has 28 heavy (non-hydrogen) atoms. The Morgan fingerprint density at radius 1 is 0.929 bits per heavy atom. The average Bonchev–Trinajstić information content (AvgIpc) is 2.67. The second kappa shape index (κ2) is 7.35. The highest BCUT2D eigenvalue weighted by Crippen LogP contribution is 2.34. The molecule has 0 bridgehead atoms. The maximum Gasteiger partial charge on any atom is 0.416 e. The predicted molar refractivity (Wildman–Crippen MR) is 104 cm³/mol. The number of aromatic nitrogens is 1. The normalized spacial score (nSPS) is 11.2. The minimum absolute atomic E-state index is 0.355. The van der Waals surface area contributed by atoms with Crippen molar-refractivity contribution in [3.8, 4) is 28.5 Å². The summed E-state index contributed by atoms with van der Waals surface area (Å²) in [6.07, 6.45) is -4.40. The van der Waals surface area contributed by atoms with Gasteiger partial charge in [0.15, 0.2) is 0 Å². The van der Waals surface area contributed by atoms with Gasteiger partial charge in [-0.1, -0.05) is 24.3 Å².